The first-order valence-corrected chi connectivity index (χ1v) is 10.4. The Bertz CT molecular complexity index is 746. The summed E-state index contributed by atoms with van der Waals surface area (Å²) in [5.74, 6) is -1.21. The van der Waals surface area contributed by atoms with E-state index in [-0.39, 0.29) is 17.5 Å². The molecule has 2 rings (SSSR count). The molecule has 0 aromatic heterocycles. The fourth-order valence-electron chi connectivity index (χ4n) is 3.26. The van der Waals surface area contributed by atoms with Crippen LogP contribution in [0.25, 0.3) is 0 Å². The van der Waals surface area contributed by atoms with Gasteiger partial charge in [-0.05, 0) is 37.3 Å². The molecular formula is C18H24F3NO3S. The van der Waals surface area contributed by atoms with E-state index in [9.17, 15) is 26.4 Å². The first-order valence-electron chi connectivity index (χ1n) is 8.69. The summed E-state index contributed by atoms with van der Waals surface area (Å²) < 4.78 is 64.2. The van der Waals surface area contributed by atoms with Gasteiger partial charge < -0.3 is 5.32 Å². The van der Waals surface area contributed by atoms with E-state index in [1.165, 1.54) is 19.1 Å². The van der Waals surface area contributed by atoms with Crippen molar-refractivity contribution < 1.29 is 26.4 Å². The molecule has 1 N–H and O–H groups in total. The van der Waals surface area contributed by atoms with E-state index >= 15 is 0 Å². The van der Waals surface area contributed by atoms with Gasteiger partial charge in [0.2, 0.25) is 5.91 Å². The minimum Gasteiger partial charge on any atom is -0.352 e. The molecule has 0 bridgehead atoms. The number of sulfone groups is 1. The zero-order valence-electron chi connectivity index (χ0n) is 14.8. The first-order chi connectivity index (χ1) is 12.0. The van der Waals surface area contributed by atoms with E-state index in [4.69, 9.17) is 0 Å². The molecule has 146 valence electrons. The second-order valence-corrected chi connectivity index (χ2v) is 9.30. The number of carbonyl (C=O) groups is 1. The fourth-order valence-corrected chi connectivity index (χ4v) is 4.59. The summed E-state index contributed by atoms with van der Waals surface area (Å²) in [7, 11) is -4.08. The number of amides is 1. The van der Waals surface area contributed by atoms with Gasteiger partial charge in [-0.25, -0.2) is 8.42 Å². The molecule has 0 unspecified atom stereocenters. The Morgan fingerprint density at radius 1 is 1.23 bits per heavy atom. The van der Waals surface area contributed by atoms with Crippen LogP contribution >= 0.6 is 0 Å². The number of alkyl halides is 3. The molecule has 8 heteroatoms. The first kappa shape index (κ1) is 20.7. The zero-order chi connectivity index (χ0) is 19.5. The summed E-state index contributed by atoms with van der Waals surface area (Å²) in [6.45, 7) is 3.23. The predicted molar refractivity (Wildman–Crippen MR) is 93.1 cm³/mol. The quantitative estimate of drug-likeness (QED) is 0.832. The number of carbonyl (C=O) groups excluding carboxylic acids is 1. The maximum atomic E-state index is 13.1. The van der Waals surface area contributed by atoms with Gasteiger partial charge in [-0.3, -0.25) is 4.79 Å². The molecule has 1 aromatic carbocycles. The van der Waals surface area contributed by atoms with E-state index < -0.39 is 38.5 Å². The van der Waals surface area contributed by atoms with Crippen LogP contribution in [0, 0.1) is 5.92 Å². The largest absolute Gasteiger partial charge is 0.416 e. The van der Waals surface area contributed by atoms with Crippen molar-refractivity contribution >= 4 is 15.7 Å². The van der Waals surface area contributed by atoms with Crippen molar-refractivity contribution in [1.82, 2.24) is 5.32 Å². The Kier molecular flexibility index (Phi) is 6.37. The van der Waals surface area contributed by atoms with Crippen LogP contribution in [0.3, 0.4) is 0 Å². The maximum absolute atomic E-state index is 13.1. The number of halogens is 3. The van der Waals surface area contributed by atoms with Gasteiger partial charge >= 0.3 is 6.18 Å². The Morgan fingerprint density at radius 2 is 1.85 bits per heavy atom. The molecule has 4 nitrogen and oxygen atoms in total. The van der Waals surface area contributed by atoms with Crippen LogP contribution in [-0.4, -0.2) is 25.6 Å². The Balaban J connectivity index is 2.13. The highest BCUT2D eigenvalue weighted by Gasteiger charge is 2.36. The third-order valence-corrected chi connectivity index (χ3v) is 7.03. The Labute approximate surface area is 152 Å². The summed E-state index contributed by atoms with van der Waals surface area (Å²) in [5, 5.41) is 1.36. The van der Waals surface area contributed by atoms with Crippen LogP contribution in [0.4, 0.5) is 13.2 Å². The average Bonchev–Trinajstić information content (AvgIpc) is 2.55. The maximum Gasteiger partial charge on any atom is 0.416 e. The van der Waals surface area contributed by atoms with E-state index in [1.807, 2.05) is 6.92 Å². The predicted octanol–water partition coefficient (Wildman–Crippen LogP) is 3.70. The highest BCUT2D eigenvalue weighted by molar-refractivity contribution is 7.92. The van der Waals surface area contributed by atoms with Crippen molar-refractivity contribution in [1.29, 1.82) is 0 Å². The number of hydrogen-bond acceptors (Lipinski definition) is 3. The normalized spacial score (nSPS) is 22.7. The van der Waals surface area contributed by atoms with Crippen LogP contribution in [-0.2, 0) is 26.6 Å². The minimum absolute atomic E-state index is 0.0867. The minimum atomic E-state index is -4.64. The lowest BCUT2D eigenvalue weighted by Gasteiger charge is -2.30. The summed E-state index contributed by atoms with van der Waals surface area (Å²) in [6, 6.07) is 4.46. The third-order valence-electron chi connectivity index (χ3n) is 5.03. The molecule has 0 aliphatic heterocycles. The average molecular weight is 391 g/mol. The molecule has 3 atom stereocenters. The number of benzene rings is 1. The zero-order valence-corrected chi connectivity index (χ0v) is 15.7. The van der Waals surface area contributed by atoms with Gasteiger partial charge in [0.05, 0.1) is 11.3 Å². The van der Waals surface area contributed by atoms with Gasteiger partial charge in [-0.2, -0.15) is 13.2 Å². The van der Waals surface area contributed by atoms with Crippen LogP contribution in [0.2, 0.25) is 0 Å². The van der Waals surface area contributed by atoms with Gasteiger partial charge in [-0.15, -0.1) is 0 Å². The van der Waals surface area contributed by atoms with E-state index in [2.05, 4.69) is 5.32 Å². The number of nitrogens with one attached hydrogen (secondary N) is 1. The van der Waals surface area contributed by atoms with Crippen molar-refractivity contribution in [3.05, 3.63) is 35.4 Å². The van der Waals surface area contributed by atoms with Crippen LogP contribution in [0.5, 0.6) is 0 Å². The molecule has 1 fully saturated rings. The number of rotatable bonds is 5. The van der Waals surface area contributed by atoms with Gasteiger partial charge in [0.1, 0.15) is 5.25 Å². The molecule has 1 aliphatic carbocycles. The third kappa shape index (κ3) is 4.99. The lowest BCUT2D eigenvalue weighted by molar-refractivity contribution is -0.138. The summed E-state index contributed by atoms with van der Waals surface area (Å²) >= 11 is 0. The van der Waals surface area contributed by atoms with Gasteiger partial charge in [0.25, 0.3) is 0 Å². The van der Waals surface area contributed by atoms with Crippen molar-refractivity contribution in [2.24, 2.45) is 5.92 Å². The van der Waals surface area contributed by atoms with E-state index in [1.54, 1.807) is 0 Å². The second-order valence-electron chi connectivity index (χ2n) is 6.98. The fraction of sp³-hybridized carbons (Fsp3) is 0.611. The topological polar surface area (TPSA) is 63.2 Å². The lowest BCUT2D eigenvalue weighted by Crippen LogP contribution is -2.47. The lowest BCUT2D eigenvalue weighted by atomic mass is 9.86. The van der Waals surface area contributed by atoms with Gasteiger partial charge in [-0.1, -0.05) is 38.0 Å². The molecular weight excluding hydrogens is 367 g/mol. The standard InChI is InChI=1S/C18H24F3NO3S/c1-12-7-3-6-10-16(12)22-17(23)13(2)26(24,25)11-14-8-4-5-9-15(14)18(19,20)21/h4-5,8-9,12-13,16H,3,6-7,10-11H2,1-2H3,(H,22,23)/t12-,13-,16+/m1/s1. The van der Waals surface area contributed by atoms with Crippen molar-refractivity contribution in [2.45, 2.75) is 62.8 Å². The van der Waals surface area contributed by atoms with Gasteiger partial charge in [0, 0.05) is 6.04 Å². The second kappa shape index (κ2) is 7.98. The monoisotopic (exact) mass is 391 g/mol. The van der Waals surface area contributed by atoms with Crippen molar-refractivity contribution in [2.75, 3.05) is 0 Å². The van der Waals surface area contributed by atoms with Crippen LogP contribution in [0.15, 0.2) is 24.3 Å². The molecule has 1 aliphatic rings. The van der Waals surface area contributed by atoms with Crippen LogP contribution in [0.1, 0.15) is 50.7 Å². The molecule has 1 amide bonds. The summed E-state index contributed by atoms with van der Waals surface area (Å²) in [6.07, 6.45) is -0.845. The van der Waals surface area contributed by atoms with Crippen molar-refractivity contribution in [3.63, 3.8) is 0 Å². The van der Waals surface area contributed by atoms with E-state index in [0.717, 1.165) is 37.8 Å². The van der Waals surface area contributed by atoms with Gasteiger partial charge in [0.15, 0.2) is 9.84 Å². The van der Waals surface area contributed by atoms with Crippen molar-refractivity contribution in [3.8, 4) is 0 Å². The SMILES string of the molecule is C[C@@H]1CCCC[C@@H]1NC(=O)[C@@H](C)S(=O)(=O)Cc1ccccc1C(F)(F)F. The van der Waals surface area contributed by atoms with Crippen LogP contribution < -0.4 is 5.32 Å². The molecule has 0 saturated heterocycles. The summed E-state index contributed by atoms with van der Waals surface area (Å²) in [4.78, 5) is 12.4. The number of hydrogen-bond donors (Lipinski definition) is 1. The highest BCUT2D eigenvalue weighted by atomic mass is 32.2. The highest BCUT2D eigenvalue weighted by Crippen LogP contribution is 2.33. The van der Waals surface area contributed by atoms with E-state index in [0.29, 0.717) is 0 Å². The summed E-state index contributed by atoms with van der Waals surface area (Å²) in [5.41, 5.74) is -1.33. The smallest absolute Gasteiger partial charge is 0.352 e. The molecule has 1 aromatic rings. The molecule has 0 radical (unpaired) electrons. The molecule has 26 heavy (non-hydrogen) atoms. The Morgan fingerprint density at radius 3 is 2.46 bits per heavy atom. The molecule has 0 spiro atoms. The Hall–Kier alpha value is -1.57. The molecule has 1 saturated carbocycles. The molecule has 0 heterocycles.